The van der Waals surface area contributed by atoms with E-state index >= 15 is 0 Å². The Morgan fingerprint density at radius 2 is 1.48 bits per heavy atom. The molecule has 1 amide bonds. The summed E-state index contributed by atoms with van der Waals surface area (Å²) in [5.74, 6) is 0.00604. The zero-order chi connectivity index (χ0) is 21.5. The Balaban J connectivity index is 2.21. The van der Waals surface area contributed by atoms with E-state index < -0.39 is 0 Å². The Morgan fingerprint density at radius 1 is 0.931 bits per heavy atom. The predicted octanol–water partition coefficient (Wildman–Crippen LogP) is 7.41. The number of nitrogens with one attached hydrogen (secondary N) is 1. The number of benzene rings is 1. The molecule has 162 valence electrons. The second kappa shape index (κ2) is 14.1. The molecule has 0 fully saturated rings. The van der Waals surface area contributed by atoms with Crippen molar-refractivity contribution in [3.05, 3.63) is 41.0 Å². The maximum absolute atomic E-state index is 11.9. The van der Waals surface area contributed by atoms with Gasteiger partial charge in [-0.15, -0.1) is 0 Å². The molecule has 0 unspecified atom stereocenters. The number of unbranched alkanes of at least 4 members (excludes halogenated alkanes) is 8. The second-order valence-corrected chi connectivity index (χ2v) is 9.13. The third kappa shape index (κ3) is 12.3. The Labute approximate surface area is 179 Å². The Morgan fingerprint density at radius 3 is 2.03 bits per heavy atom. The molecule has 0 atom stereocenters. The highest BCUT2D eigenvalue weighted by atomic mass is 16.2. The number of hydrogen-bond donors (Lipinski definition) is 1. The first-order chi connectivity index (χ1) is 13.8. The van der Waals surface area contributed by atoms with E-state index in [1.165, 1.54) is 50.5 Å². The van der Waals surface area contributed by atoms with Gasteiger partial charge in [0, 0.05) is 6.42 Å². The molecule has 3 nitrogen and oxygen atoms in total. The van der Waals surface area contributed by atoms with E-state index in [1.54, 1.807) is 6.21 Å². The quantitative estimate of drug-likeness (QED) is 0.210. The maximum atomic E-state index is 11.9. The third-order valence-electron chi connectivity index (χ3n) is 5.14. The summed E-state index contributed by atoms with van der Waals surface area (Å²) in [5.41, 5.74) is 6.28. The van der Waals surface area contributed by atoms with E-state index in [0.29, 0.717) is 6.42 Å². The van der Waals surface area contributed by atoms with Crippen LogP contribution >= 0.6 is 0 Å². The van der Waals surface area contributed by atoms with Crippen molar-refractivity contribution in [1.82, 2.24) is 5.43 Å². The average molecular weight is 399 g/mol. The lowest BCUT2D eigenvalue weighted by atomic mass is 9.86. The molecule has 1 rings (SSSR count). The van der Waals surface area contributed by atoms with Gasteiger partial charge in [0.1, 0.15) is 0 Å². The van der Waals surface area contributed by atoms with Crippen LogP contribution in [0.4, 0.5) is 0 Å². The molecule has 0 spiro atoms. The molecule has 0 bridgehead atoms. The van der Waals surface area contributed by atoms with Crippen LogP contribution in [0.25, 0.3) is 6.08 Å². The lowest BCUT2D eigenvalue weighted by Gasteiger charge is -2.18. The van der Waals surface area contributed by atoms with E-state index in [4.69, 9.17) is 0 Å². The standard InChI is InChI=1S/C26H42N2O/c1-6-7-8-9-10-11-12-13-14-15-25(29)28-27-21-22(2)20-23-16-18-24(19-17-23)26(3,4)5/h16-21H,6-15H2,1-5H3,(H,28,29)/b22-20+,27-21-. The highest BCUT2D eigenvalue weighted by Crippen LogP contribution is 2.22. The monoisotopic (exact) mass is 398 g/mol. The summed E-state index contributed by atoms with van der Waals surface area (Å²) in [6, 6.07) is 8.59. The number of nitrogens with zero attached hydrogens (tertiary/aromatic N) is 1. The van der Waals surface area contributed by atoms with Gasteiger partial charge < -0.3 is 0 Å². The largest absolute Gasteiger partial charge is 0.273 e. The first kappa shape index (κ1) is 25.1. The maximum Gasteiger partial charge on any atom is 0.240 e. The summed E-state index contributed by atoms with van der Waals surface area (Å²) in [7, 11) is 0. The van der Waals surface area contributed by atoms with Gasteiger partial charge in [-0.05, 0) is 35.5 Å². The zero-order valence-electron chi connectivity index (χ0n) is 19.4. The summed E-state index contributed by atoms with van der Waals surface area (Å²) in [6.45, 7) is 10.9. The highest BCUT2D eigenvalue weighted by Gasteiger charge is 2.12. The fraction of sp³-hybridized carbons (Fsp3) is 0.615. The fourth-order valence-corrected chi connectivity index (χ4v) is 3.24. The summed E-state index contributed by atoms with van der Waals surface area (Å²) in [6.07, 6.45) is 15.7. The molecule has 1 aromatic carbocycles. The van der Waals surface area contributed by atoms with Crippen LogP contribution in [0, 0.1) is 0 Å². The molecule has 1 aromatic rings. The van der Waals surface area contributed by atoms with Gasteiger partial charge >= 0.3 is 0 Å². The molecule has 3 heteroatoms. The van der Waals surface area contributed by atoms with Gasteiger partial charge in [0.15, 0.2) is 0 Å². The van der Waals surface area contributed by atoms with Crippen LogP contribution in [0.15, 0.2) is 34.9 Å². The molecule has 0 aliphatic rings. The number of hydrazone groups is 1. The van der Waals surface area contributed by atoms with Gasteiger partial charge in [0.05, 0.1) is 6.21 Å². The molecular weight excluding hydrogens is 356 g/mol. The number of allylic oxidation sites excluding steroid dienone is 1. The second-order valence-electron chi connectivity index (χ2n) is 9.13. The van der Waals surface area contributed by atoms with E-state index in [1.807, 2.05) is 6.92 Å². The topological polar surface area (TPSA) is 41.5 Å². The van der Waals surface area contributed by atoms with Gasteiger partial charge in [-0.25, -0.2) is 5.43 Å². The normalized spacial score (nSPS) is 12.5. The summed E-state index contributed by atoms with van der Waals surface area (Å²) in [5, 5.41) is 4.09. The number of rotatable bonds is 13. The molecule has 0 radical (unpaired) electrons. The number of amides is 1. The van der Waals surface area contributed by atoms with Crippen LogP contribution in [-0.2, 0) is 10.2 Å². The molecule has 0 aliphatic heterocycles. The van der Waals surface area contributed by atoms with Crippen molar-refractivity contribution in [1.29, 1.82) is 0 Å². The van der Waals surface area contributed by atoms with E-state index in [2.05, 4.69) is 68.6 Å². The minimum atomic E-state index is 0.00604. The van der Waals surface area contributed by atoms with Crippen molar-refractivity contribution >= 4 is 18.2 Å². The Kier molecular flexibility index (Phi) is 12.3. The van der Waals surface area contributed by atoms with Crippen LogP contribution in [0.2, 0.25) is 0 Å². The SMILES string of the molecule is CCCCCCCCCCCC(=O)N/N=C\C(C)=C\c1ccc(C(C)(C)C)cc1. The van der Waals surface area contributed by atoms with Crippen molar-refractivity contribution in [2.24, 2.45) is 5.10 Å². The predicted molar refractivity (Wildman–Crippen MR) is 127 cm³/mol. The van der Waals surface area contributed by atoms with E-state index in [-0.39, 0.29) is 11.3 Å². The zero-order valence-corrected chi connectivity index (χ0v) is 19.4. The number of carbonyl (C=O) groups is 1. The van der Waals surface area contributed by atoms with Gasteiger partial charge in [-0.3, -0.25) is 4.79 Å². The Bertz CT molecular complexity index is 636. The smallest absolute Gasteiger partial charge is 0.240 e. The molecular formula is C26H42N2O. The first-order valence-electron chi connectivity index (χ1n) is 11.4. The summed E-state index contributed by atoms with van der Waals surface area (Å²) < 4.78 is 0. The van der Waals surface area contributed by atoms with Gasteiger partial charge in [0.25, 0.3) is 0 Å². The molecule has 0 aliphatic carbocycles. The molecule has 0 aromatic heterocycles. The summed E-state index contributed by atoms with van der Waals surface area (Å²) >= 11 is 0. The number of carbonyl (C=O) groups excluding carboxylic acids is 1. The molecule has 0 saturated heterocycles. The molecule has 0 saturated carbocycles. The van der Waals surface area contributed by atoms with Crippen LogP contribution in [0.3, 0.4) is 0 Å². The van der Waals surface area contributed by atoms with Crippen molar-refractivity contribution in [2.45, 2.75) is 104 Å². The van der Waals surface area contributed by atoms with Crippen molar-refractivity contribution < 1.29 is 4.79 Å². The van der Waals surface area contributed by atoms with Crippen molar-refractivity contribution in [3.63, 3.8) is 0 Å². The third-order valence-corrected chi connectivity index (χ3v) is 5.14. The molecule has 29 heavy (non-hydrogen) atoms. The van der Waals surface area contributed by atoms with Crippen molar-refractivity contribution in [2.75, 3.05) is 0 Å². The first-order valence-corrected chi connectivity index (χ1v) is 11.4. The number of hydrogen-bond acceptors (Lipinski definition) is 2. The summed E-state index contributed by atoms with van der Waals surface area (Å²) in [4.78, 5) is 11.9. The Hall–Kier alpha value is -1.90. The van der Waals surface area contributed by atoms with Crippen molar-refractivity contribution in [3.8, 4) is 0 Å². The van der Waals surface area contributed by atoms with Crippen LogP contribution in [0.1, 0.15) is 110 Å². The fourth-order valence-electron chi connectivity index (χ4n) is 3.24. The lowest BCUT2D eigenvalue weighted by molar-refractivity contribution is -0.121. The van der Waals surface area contributed by atoms with Gasteiger partial charge in [-0.1, -0.05) is 109 Å². The highest BCUT2D eigenvalue weighted by molar-refractivity contribution is 5.86. The minimum Gasteiger partial charge on any atom is -0.273 e. The van der Waals surface area contributed by atoms with Crippen LogP contribution < -0.4 is 5.43 Å². The minimum absolute atomic E-state index is 0.00604. The van der Waals surface area contributed by atoms with Gasteiger partial charge in [-0.2, -0.15) is 5.10 Å². The van der Waals surface area contributed by atoms with Crippen LogP contribution in [-0.4, -0.2) is 12.1 Å². The van der Waals surface area contributed by atoms with Gasteiger partial charge in [0.2, 0.25) is 5.91 Å². The molecule has 0 heterocycles. The molecule has 1 N–H and O–H groups in total. The lowest BCUT2D eigenvalue weighted by Crippen LogP contribution is -2.16. The van der Waals surface area contributed by atoms with E-state index in [9.17, 15) is 4.79 Å². The average Bonchev–Trinajstić information content (AvgIpc) is 2.66. The van der Waals surface area contributed by atoms with Crippen LogP contribution in [0.5, 0.6) is 0 Å². The van der Waals surface area contributed by atoms with E-state index in [0.717, 1.165) is 24.0 Å².